The summed E-state index contributed by atoms with van der Waals surface area (Å²) in [7, 11) is 1.55. The number of hydrogen-bond donors (Lipinski definition) is 1. The zero-order valence-corrected chi connectivity index (χ0v) is 21.4. The van der Waals surface area contributed by atoms with Crippen LogP contribution in [0.5, 0.6) is 0 Å². The first-order valence-corrected chi connectivity index (χ1v) is 12.4. The molecule has 0 bridgehead atoms. The SMILES string of the molecule is COCCN(CC(=O)N(Cc1ccccc1)Cc1sccc1C)C(=O)Nc1c(Cl)cccc1Cl. The summed E-state index contributed by atoms with van der Waals surface area (Å²) in [4.78, 5) is 30.8. The van der Waals surface area contributed by atoms with Crippen molar-refractivity contribution in [2.24, 2.45) is 0 Å². The van der Waals surface area contributed by atoms with Gasteiger partial charge in [-0.05, 0) is 41.6 Å². The molecule has 0 aliphatic heterocycles. The van der Waals surface area contributed by atoms with Gasteiger partial charge < -0.3 is 19.9 Å². The number of rotatable bonds is 10. The van der Waals surface area contributed by atoms with Crippen LogP contribution in [0.25, 0.3) is 0 Å². The van der Waals surface area contributed by atoms with Crippen molar-refractivity contribution >= 4 is 52.2 Å². The highest BCUT2D eigenvalue weighted by atomic mass is 35.5. The average Bonchev–Trinajstić information content (AvgIpc) is 3.23. The number of nitrogens with one attached hydrogen (secondary N) is 1. The second-order valence-electron chi connectivity index (χ2n) is 7.70. The van der Waals surface area contributed by atoms with Crippen molar-refractivity contribution < 1.29 is 14.3 Å². The van der Waals surface area contributed by atoms with E-state index in [0.717, 1.165) is 16.0 Å². The summed E-state index contributed by atoms with van der Waals surface area (Å²) in [6.45, 7) is 3.32. The molecule has 0 saturated carbocycles. The molecule has 1 N–H and O–H groups in total. The lowest BCUT2D eigenvalue weighted by atomic mass is 10.2. The minimum atomic E-state index is -0.479. The Labute approximate surface area is 214 Å². The fraction of sp³-hybridized carbons (Fsp3) is 0.280. The molecule has 0 unspecified atom stereocenters. The van der Waals surface area contributed by atoms with Gasteiger partial charge in [0.15, 0.2) is 0 Å². The highest BCUT2D eigenvalue weighted by Gasteiger charge is 2.23. The number of urea groups is 1. The molecule has 1 heterocycles. The molecule has 3 amide bonds. The van der Waals surface area contributed by atoms with Gasteiger partial charge in [-0.1, -0.05) is 59.6 Å². The fourth-order valence-electron chi connectivity index (χ4n) is 3.30. The van der Waals surface area contributed by atoms with Crippen LogP contribution >= 0.6 is 34.5 Å². The van der Waals surface area contributed by atoms with Gasteiger partial charge in [0.1, 0.15) is 6.54 Å². The number of benzene rings is 2. The summed E-state index contributed by atoms with van der Waals surface area (Å²) in [6, 6.07) is 16.3. The van der Waals surface area contributed by atoms with Crippen LogP contribution in [0, 0.1) is 6.92 Å². The summed E-state index contributed by atoms with van der Waals surface area (Å²) >= 11 is 14.0. The molecule has 0 radical (unpaired) electrons. The van der Waals surface area contributed by atoms with E-state index < -0.39 is 6.03 Å². The summed E-state index contributed by atoms with van der Waals surface area (Å²) in [5, 5.41) is 5.39. The van der Waals surface area contributed by atoms with E-state index in [4.69, 9.17) is 27.9 Å². The number of amides is 3. The molecule has 2 aromatic carbocycles. The minimum absolute atomic E-state index is 0.117. The number of thiophene rings is 1. The lowest BCUT2D eigenvalue weighted by Crippen LogP contribution is -2.45. The van der Waals surface area contributed by atoms with Gasteiger partial charge in [0, 0.05) is 25.1 Å². The molecule has 0 aliphatic rings. The van der Waals surface area contributed by atoms with Crippen molar-refractivity contribution in [3.8, 4) is 0 Å². The smallest absolute Gasteiger partial charge is 0.322 e. The van der Waals surface area contributed by atoms with Crippen molar-refractivity contribution in [2.75, 3.05) is 32.1 Å². The van der Waals surface area contributed by atoms with Crippen LogP contribution in [0.15, 0.2) is 60.0 Å². The lowest BCUT2D eigenvalue weighted by molar-refractivity contribution is -0.133. The molecular weight excluding hydrogens is 493 g/mol. The van der Waals surface area contributed by atoms with Crippen LogP contribution in [0.3, 0.4) is 0 Å². The van der Waals surface area contributed by atoms with Gasteiger partial charge in [-0.2, -0.15) is 0 Å². The maximum absolute atomic E-state index is 13.5. The van der Waals surface area contributed by atoms with Crippen LogP contribution in [0.1, 0.15) is 16.0 Å². The fourth-order valence-corrected chi connectivity index (χ4v) is 4.71. The number of anilines is 1. The second kappa shape index (κ2) is 12.8. The first-order valence-electron chi connectivity index (χ1n) is 10.7. The van der Waals surface area contributed by atoms with Crippen molar-refractivity contribution in [1.82, 2.24) is 9.80 Å². The monoisotopic (exact) mass is 519 g/mol. The van der Waals surface area contributed by atoms with Gasteiger partial charge in [0.25, 0.3) is 0 Å². The number of methoxy groups -OCH3 is 1. The first-order chi connectivity index (χ1) is 16.4. The third kappa shape index (κ3) is 7.21. The number of aryl methyl sites for hydroxylation is 1. The molecule has 1 aromatic heterocycles. The van der Waals surface area contributed by atoms with E-state index in [2.05, 4.69) is 5.32 Å². The van der Waals surface area contributed by atoms with E-state index in [0.29, 0.717) is 28.8 Å². The van der Waals surface area contributed by atoms with E-state index in [1.807, 2.05) is 48.7 Å². The standard InChI is InChI=1S/C25H27Cl2N3O3S/c1-18-11-14-34-22(18)16-30(15-19-7-4-3-5-8-19)23(31)17-29(12-13-33-2)25(32)28-24-20(26)9-6-10-21(24)27/h3-11,14H,12-13,15-17H2,1-2H3,(H,28,32). The molecule has 3 aromatic rings. The van der Waals surface area contributed by atoms with Crippen molar-refractivity contribution in [3.63, 3.8) is 0 Å². The predicted octanol–water partition coefficient (Wildman–Crippen LogP) is 6.07. The molecular formula is C25H27Cl2N3O3S. The van der Waals surface area contributed by atoms with Crippen LogP contribution < -0.4 is 5.32 Å². The maximum atomic E-state index is 13.5. The molecule has 0 saturated heterocycles. The van der Waals surface area contributed by atoms with E-state index in [-0.39, 0.29) is 25.6 Å². The van der Waals surface area contributed by atoms with E-state index >= 15 is 0 Å². The van der Waals surface area contributed by atoms with Crippen molar-refractivity contribution in [3.05, 3.63) is 86.0 Å². The Kier molecular flexibility index (Phi) is 9.77. The Hall–Kier alpha value is -2.58. The van der Waals surface area contributed by atoms with E-state index in [1.54, 1.807) is 41.5 Å². The van der Waals surface area contributed by atoms with Crippen LogP contribution in [0.2, 0.25) is 10.0 Å². The summed E-state index contributed by atoms with van der Waals surface area (Å²) in [5.41, 5.74) is 2.46. The largest absolute Gasteiger partial charge is 0.383 e. The molecule has 180 valence electrons. The van der Waals surface area contributed by atoms with Gasteiger partial charge in [-0.15, -0.1) is 11.3 Å². The summed E-state index contributed by atoms with van der Waals surface area (Å²) in [5.74, 6) is -0.173. The minimum Gasteiger partial charge on any atom is -0.383 e. The molecule has 34 heavy (non-hydrogen) atoms. The zero-order valence-electron chi connectivity index (χ0n) is 19.1. The second-order valence-corrected chi connectivity index (χ2v) is 9.52. The van der Waals surface area contributed by atoms with Crippen LogP contribution in [-0.2, 0) is 22.6 Å². The maximum Gasteiger partial charge on any atom is 0.322 e. The van der Waals surface area contributed by atoms with Crippen molar-refractivity contribution in [1.29, 1.82) is 0 Å². The number of ether oxygens (including phenoxy) is 1. The van der Waals surface area contributed by atoms with Crippen LogP contribution in [0.4, 0.5) is 10.5 Å². The molecule has 0 atom stereocenters. The topological polar surface area (TPSA) is 61.9 Å². The number of para-hydroxylation sites is 1. The number of halogens is 2. The summed E-state index contributed by atoms with van der Waals surface area (Å²) in [6.07, 6.45) is 0. The van der Waals surface area contributed by atoms with Gasteiger partial charge in [0.05, 0.1) is 28.9 Å². The van der Waals surface area contributed by atoms with E-state index in [9.17, 15) is 9.59 Å². The highest BCUT2D eigenvalue weighted by molar-refractivity contribution is 7.10. The molecule has 9 heteroatoms. The zero-order chi connectivity index (χ0) is 24.5. The van der Waals surface area contributed by atoms with Gasteiger partial charge in [-0.25, -0.2) is 4.79 Å². The Morgan fingerprint density at radius 1 is 0.971 bits per heavy atom. The summed E-state index contributed by atoms with van der Waals surface area (Å²) < 4.78 is 5.16. The molecule has 3 rings (SSSR count). The highest BCUT2D eigenvalue weighted by Crippen LogP contribution is 2.30. The number of carbonyl (C=O) groups is 2. The first kappa shape index (κ1) is 26.0. The third-order valence-electron chi connectivity index (χ3n) is 5.24. The Bertz CT molecular complexity index is 1090. The number of hydrogen-bond acceptors (Lipinski definition) is 4. The van der Waals surface area contributed by atoms with Crippen molar-refractivity contribution in [2.45, 2.75) is 20.0 Å². The Balaban J connectivity index is 1.79. The third-order valence-corrected chi connectivity index (χ3v) is 6.88. The van der Waals surface area contributed by atoms with Crippen LogP contribution in [-0.4, -0.2) is 48.5 Å². The molecule has 0 spiro atoms. The quantitative estimate of drug-likeness (QED) is 0.353. The molecule has 6 nitrogen and oxygen atoms in total. The normalized spacial score (nSPS) is 10.7. The number of carbonyl (C=O) groups excluding carboxylic acids is 2. The Morgan fingerprint density at radius 3 is 2.29 bits per heavy atom. The van der Waals surface area contributed by atoms with Gasteiger partial charge >= 0.3 is 6.03 Å². The molecule has 0 aliphatic carbocycles. The van der Waals surface area contributed by atoms with E-state index in [1.165, 1.54) is 4.90 Å². The van der Waals surface area contributed by atoms with Gasteiger partial charge in [0.2, 0.25) is 5.91 Å². The Morgan fingerprint density at radius 2 is 1.68 bits per heavy atom. The van der Waals surface area contributed by atoms with Gasteiger partial charge in [-0.3, -0.25) is 4.79 Å². The molecule has 0 fully saturated rings. The lowest BCUT2D eigenvalue weighted by Gasteiger charge is -2.28. The predicted molar refractivity (Wildman–Crippen MR) is 139 cm³/mol. The number of nitrogens with zero attached hydrogens (tertiary/aromatic N) is 2. The average molecular weight is 520 g/mol.